The Kier molecular flexibility index (Phi) is 10.4. The third-order valence-corrected chi connectivity index (χ3v) is 9.57. The van der Waals surface area contributed by atoms with Crippen LogP contribution in [0.5, 0.6) is 0 Å². The van der Waals surface area contributed by atoms with E-state index < -0.39 is 0 Å². The Hall–Kier alpha value is -1.77. The fourth-order valence-electron chi connectivity index (χ4n) is 5.74. The molecule has 2 aliphatic rings. The van der Waals surface area contributed by atoms with Gasteiger partial charge in [-0.05, 0) is 49.8 Å². The number of benzene rings is 1. The Morgan fingerprint density at radius 1 is 1.00 bits per heavy atom. The number of amides is 2. The molecule has 4 rings (SSSR count). The summed E-state index contributed by atoms with van der Waals surface area (Å²) < 4.78 is 1.89. The smallest absolute Gasteiger partial charge is 0.251 e. The van der Waals surface area contributed by atoms with E-state index in [1.165, 1.54) is 50.3 Å². The van der Waals surface area contributed by atoms with Gasteiger partial charge in [-0.15, -0.1) is 10.2 Å². The first-order valence-corrected chi connectivity index (χ1v) is 15.6. The van der Waals surface area contributed by atoms with Gasteiger partial charge in [0.2, 0.25) is 5.91 Å². The molecule has 1 aromatic heterocycles. The molecular formula is C28H39Cl2N5O2S. The van der Waals surface area contributed by atoms with Gasteiger partial charge in [0, 0.05) is 24.7 Å². The lowest BCUT2D eigenvalue weighted by Gasteiger charge is -2.41. The van der Waals surface area contributed by atoms with E-state index >= 15 is 0 Å². The monoisotopic (exact) mass is 579 g/mol. The van der Waals surface area contributed by atoms with Crippen molar-refractivity contribution in [1.29, 1.82) is 0 Å². The number of thioether (sulfide) groups is 1. The third-order valence-electron chi connectivity index (χ3n) is 7.83. The summed E-state index contributed by atoms with van der Waals surface area (Å²) in [5.41, 5.74) is 0.429. The predicted molar refractivity (Wildman–Crippen MR) is 154 cm³/mol. The summed E-state index contributed by atoms with van der Waals surface area (Å²) in [7, 11) is 1.89. The van der Waals surface area contributed by atoms with E-state index in [9.17, 15) is 9.59 Å². The van der Waals surface area contributed by atoms with Crippen molar-refractivity contribution in [2.75, 3.05) is 5.75 Å². The molecule has 0 aliphatic heterocycles. The average molecular weight is 581 g/mol. The van der Waals surface area contributed by atoms with Crippen LogP contribution < -0.4 is 5.32 Å². The van der Waals surface area contributed by atoms with E-state index in [1.807, 2.05) is 25.5 Å². The van der Waals surface area contributed by atoms with Crippen LogP contribution in [0.1, 0.15) is 100 Å². The second-order valence-corrected chi connectivity index (χ2v) is 12.7. The fourth-order valence-corrected chi connectivity index (χ4v) is 6.82. The summed E-state index contributed by atoms with van der Waals surface area (Å²) in [6, 6.07) is 5.20. The van der Waals surface area contributed by atoms with Gasteiger partial charge in [-0.1, -0.05) is 87.3 Å². The molecule has 2 amide bonds. The molecule has 0 spiro atoms. The van der Waals surface area contributed by atoms with Gasteiger partial charge < -0.3 is 14.8 Å². The number of nitrogens with zero attached hydrogens (tertiary/aromatic N) is 4. The summed E-state index contributed by atoms with van der Waals surface area (Å²) in [6.45, 7) is 4.05. The molecule has 2 saturated carbocycles. The molecule has 2 aliphatic carbocycles. The van der Waals surface area contributed by atoms with Crippen LogP contribution in [0.15, 0.2) is 23.4 Å². The Morgan fingerprint density at radius 3 is 2.16 bits per heavy atom. The zero-order chi connectivity index (χ0) is 27.2. The maximum absolute atomic E-state index is 13.6. The van der Waals surface area contributed by atoms with E-state index in [1.54, 1.807) is 18.2 Å². The highest BCUT2D eigenvalue weighted by Gasteiger charge is 2.33. The van der Waals surface area contributed by atoms with Crippen LogP contribution in [-0.4, -0.2) is 49.3 Å². The third kappa shape index (κ3) is 7.05. The molecule has 0 saturated heterocycles. The van der Waals surface area contributed by atoms with E-state index in [0.29, 0.717) is 44.4 Å². The Bertz CT molecular complexity index is 1090. The second kappa shape index (κ2) is 13.5. The average Bonchev–Trinajstić information content (AvgIpc) is 3.28. The molecular weight excluding hydrogens is 541 g/mol. The lowest BCUT2D eigenvalue weighted by molar-refractivity contribution is -0.135. The minimum Gasteiger partial charge on any atom is -0.342 e. The van der Waals surface area contributed by atoms with E-state index in [4.69, 9.17) is 23.2 Å². The van der Waals surface area contributed by atoms with Gasteiger partial charge in [-0.2, -0.15) is 0 Å². The van der Waals surface area contributed by atoms with Gasteiger partial charge in [0.25, 0.3) is 5.91 Å². The van der Waals surface area contributed by atoms with Gasteiger partial charge in [-0.3, -0.25) is 9.59 Å². The quantitative estimate of drug-likeness (QED) is 0.329. The molecule has 1 aromatic carbocycles. The largest absolute Gasteiger partial charge is 0.342 e. The van der Waals surface area contributed by atoms with Crippen molar-refractivity contribution >= 4 is 46.8 Å². The van der Waals surface area contributed by atoms with Crippen molar-refractivity contribution in [2.24, 2.45) is 13.0 Å². The Morgan fingerprint density at radius 2 is 1.61 bits per heavy atom. The number of rotatable bonds is 9. The normalized spacial score (nSPS) is 17.9. The number of hydrogen-bond donors (Lipinski definition) is 1. The lowest BCUT2D eigenvalue weighted by atomic mass is 9.88. The first kappa shape index (κ1) is 29.2. The number of halogens is 2. The van der Waals surface area contributed by atoms with Crippen LogP contribution in [0, 0.1) is 5.92 Å². The summed E-state index contributed by atoms with van der Waals surface area (Å²) in [5.74, 6) is 1.02. The molecule has 0 bridgehead atoms. The molecule has 0 radical (unpaired) electrons. The van der Waals surface area contributed by atoms with Crippen molar-refractivity contribution in [3.05, 3.63) is 39.6 Å². The van der Waals surface area contributed by atoms with Crippen LogP contribution in [0.25, 0.3) is 0 Å². The van der Waals surface area contributed by atoms with E-state index in [2.05, 4.69) is 20.4 Å². The standard InChI is InChI=1S/C28H39Cl2N5O2S/c1-18(2)25(31-27(37)19-14-15-22(29)23(30)16-19)26-32-33-28(34(26)3)38-17-24(36)35(20-10-6-4-7-11-20)21-12-8-5-9-13-21/h14-16,18,20-21,25H,4-13,17H2,1-3H3,(H,31,37)/t25-/m1/s1. The number of carbonyl (C=O) groups excluding carboxylic acids is 2. The van der Waals surface area contributed by atoms with E-state index in [-0.39, 0.29) is 23.8 Å². The fraction of sp³-hybridized carbons (Fsp3) is 0.643. The summed E-state index contributed by atoms with van der Waals surface area (Å²) in [5, 5.41) is 13.3. The molecule has 7 nitrogen and oxygen atoms in total. The molecule has 1 heterocycles. The van der Waals surface area contributed by atoms with Gasteiger partial charge >= 0.3 is 0 Å². The molecule has 1 N–H and O–H groups in total. The van der Waals surface area contributed by atoms with Crippen molar-refractivity contribution in [3.8, 4) is 0 Å². The van der Waals surface area contributed by atoms with Crippen LogP contribution in [0.4, 0.5) is 0 Å². The highest BCUT2D eigenvalue weighted by Crippen LogP contribution is 2.32. The van der Waals surface area contributed by atoms with E-state index in [0.717, 1.165) is 25.7 Å². The Balaban J connectivity index is 1.44. The van der Waals surface area contributed by atoms with Gasteiger partial charge in [0.05, 0.1) is 21.8 Å². The molecule has 2 aromatic rings. The maximum atomic E-state index is 13.6. The van der Waals surface area contributed by atoms with Crippen LogP contribution in [-0.2, 0) is 11.8 Å². The van der Waals surface area contributed by atoms with Crippen LogP contribution in [0.3, 0.4) is 0 Å². The lowest BCUT2D eigenvalue weighted by Crippen LogP contribution is -2.49. The first-order valence-electron chi connectivity index (χ1n) is 13.9. The highest BCUT2D eigenvalue weighted by molar-refractivity contribution is 7.99. The zero-order valence-electron chi connectivity index (χ0n) is 22.6. The second-order valence-electron chi connectivity index (χ2n) is 10.9. The molecule has 10 heteroatoms. The van der Waals surface area contributed by atoms with Gasteiger partial charge in [0.1, 0.15) is 0 Å². The minimum atomic E-state index is -0.361. The predicted octanol–water partition coefficient (Wildman–Crippen LogP) is 6.84. The van der Waals surface area contributed by atoms with Crippen LogP contribution >= 0.6 is 35.0 Å². The molecule has 2 fully saturated rings. The molecule has 208 valence electrons. The topological polar surface area (TPSA) is 80.1 Å². The maximum Gasteiger partial charge on any atom is 0.251 e. The van der Waals surface area contributed by atoms with Gasteiger partial charge in [-0.25, -0.2) is 0 Å². The SMILES string of the molecule is CC(C)[C@@H](NC(=O)c1ccc(Cl)c(Cl)c1)c1nnc(SCC(=O)N(C2CCCCC2)C2CCCCC2)n1C. The molecule has 0 unspecified atom stereocenters. The van der Waals surface area contributed by atoms with Crippen molar-refractivity contribution in [3.63, 3.8) is 0 Å². The number of aromatic nitrogens is 3. The van der Waals surface area contributed by atoms with Crippen LogP contribution in [0.2, 0.25) is 10.0 Å². The van der Waals surface area contributed by atoms with Crippen molar-refractivity contribution in [1.82, 2.24) is 25.0 Å². The first-order chi connectivity index (χ1) is 18.3. The van der Waals surface area contributed by atoms with Crippen molar-refractivity contribution < 1.29 is 9.59 Å². The minimum absolute atomic E-state index is 0.0669. The highest BCUT2D eigenvalue weighted by atomic mass is 35.5. The van der Waals surface area contributed by atoms with Gasteiger partial charge in [0.15, 0.2) is 11.0 Å². The number of carbonyl (C=O) groups is 2. The zero-order valence-corrected chi connectivity index (χ0v) is 24.9. The summed E-state index contributed by atoms with van der Waals surface area (Å²) in [6.07, 6.45) is 11.9. The molecule has 38 heavy (non-hydrogen) atoms. The summed E-state index contributed by atoms with van der Waals surface area (Å²) >= 11 is 13.6. The Labute approximate surface area is 240 Å². The number of nitrogens with one attached hydrogen (secondary N) is 1. The number of hydrogen-bond acceptors (Lipinski definition) is 5. The molecule has 1 atom stereocenters. The van der Waals surface area contributed by atoms with Crippen molar-refractivity contribution in [2.45, 2.75) is 101 Å². The summed E-state index contributed by atoms with van der Waals surface area (Å²) in [4.78, 5) is 28.8.